The molecule has 0 fully saturated rings. The molecule has 0 atom stereocenters. The van der Waals surface area contributed by atoms with E-state index < -0.39 is 0 Å². The standard InChI is InChI=1S/C52H32N2/c1-2-15-34(16-3-1)52-53-49(32-50(54-52)48-31-35-17-5-8-20-38(35)40-22-10-13-25-43(40)48)44-28-29-45(42-24-12-11-23-41(42)44)51-39-21-9-6-18-36(39)30-47-37-19-7-4-14-33(37)26-27-46(47)51/h1-32H. The molecule has 10 aromatic carbocycles. The number of aromatic nitrogens is 2. The van der Waals surface area contributed by atoms with Gasteiger partial charge in [0, 0.05) is 16.7 Å². The first-order valence-corrected chi connectivity index (χ1v) is 18.5. The van der Waals surface area contributed by atoms with Gasteiger partial charge in [-0.1, -0.05) is 176 Å². The van der Waals surface area contributed by atoms with Crippen molar-refractivity contribution < 1.29 is 0 Å². The van der Waals surface area contributed by atoms with Gasteiger partial charge in [-0.3, -0.25) is 0 Å². The second-order valence-electron chi connectivity index (χ2n) is 14.1. The van der Waals surface area contributed by atoms with Gasteiger partial charge >= 0.3 is 0 Å². The smallest absolute Gasteiger partial charge is 0.160 e. The van der Waals surface area contributed by atoms with Crippen LogP contribution in [0.2, 0.25) is 0 Å². The minimum Gasteiger partial charge on any atom is -0.228 e. The molecule has 0 amide bonds. The van der Waals surface area contributed by atoms with E-state index in [2.05, 4.69) is 188 Å². The SMILES string of the molecule is c1ccc(-c2nc(-c3ccc(-c4c5ccccc5cc5c4ccc4ccccc45)c4ccccc34)cc(-c3cc4ccccc4c4ccccc34)n2)cc1. The van der Waals surface area contributed by atoms with E-state index in [1.165, 1.54) is 70.4 Å². The Labute approximate surface area is 312 Å². The van der Waals surface area contributed by atoms with Crippen molar-refractivity contribution in [1.82, 2.24) is 9.97 Å². The first-order valence-electron chi connectivity index (χ1n) is 18.5. The zero-order chi connectivity index (χ0) is 35.6. The van der Waals surface area contributed by atoms with Gasteiger partial charge < -0.3 is 0 Å². The van der Waals surface area contributed by atoms with Crippen LogP contribution >= 0.6 is 0 Å². The zero-order valence-electron chi connectivity index (χ0n) is 29.4. The Balaban J connectivity index is 1.19. The van der Waals surface area contributed by atoms with Gasteiger partial charge in [0.25, 0.3) is 0 Å². The van der Waals surface area contributed by atoms with Gasteiger partial charge in [0.2, 0.25) is 0 Å². The van der Waals surface area contributed by atoms with E-state index in [-0.39, 0.29) is 0 Å². The van der Waals surface area contributed by atoms with E-state index in [9.17, 15) is 0 Å². The molecule has 1 heterocycles. The highest BCUT2D eigenvalue weighted by Crippen LogP contribution is 2.44. The first kappa shape index (κ1) is 30.5. The average molecular weight is 685 g/mol. The molecule has 250 valence electrons. The molecule has 1 aromatic heterocycles. The molecular weight excluding hydrogens is 653 g/mol. The van der Waals surface area contributed by atoms with E-state index >= 15 is 0 Å². The number of benzene rings is 10. The lowest BCUT2D eigenvalue weighted by Crippen LogP contribution is -1.97. The van der Waals surface area contributed by atoms with Crippen LogP contribution in [0.1, 0.15) is 0 Å². The Morgan fingerprint density at radius 1 is 0.259 bits per heavy atom. The van der Waals surface area contributed by atoms with Gasteiger partial charge in [0.05, 0.1) is 11.4 Å². The third-order valence-electron chi connectivity index (χ3n) is 11.0. The van der Waals surface area contributed by atoms with Gasteiger partial charge in [-0.25, -0.2) is 9.97 Å². The van der Waals surface area contributed by atoms with Crippen LogP contribution in [0, 0.1) is 0 Å². The van der Waals surface area contributed by atoms with E-state index in [0.29, 0.717) is 5.82 Å². The predicted octanol–water partition coefficient (Wildman–Crippen LogP) is 14.1. The summed E-state index contributed by atoms with van der Waals surface area (Å²) in [6.45, 7) is 0. The van der Waals surface area contributed by atoms with Crippen molar-refractivity contribution in [3.05, 3.63) is 194 Å². The Morgan fingerprint density at radius 2 is 0.759 bits per heavy atom. The normalized spacial score (nSPS) is 11.7. The lowest BCUT2D eigenvalue weighted by molar-refractivity contribution is 1.19. The molecule has 0 bridgehead atoms. The largest absolute Gasteiger partial charge is 0.228 e. The van der Waals surface area contributed by atoms with E-state index in [1.807, 2.05) is 6.07 Å². The molecule has 2 nitrogen and oxygen atoms in total. The van der Waals surface area contributed by atoms with Crippen LogP contribution in [0.15, 0.2) is 194 Å². The van der Waals surface area contributed by atoms with Crippen LogP contribution in [0.4, 0.5) is 0 Å². The maximum absolute atomic E-state index is 5.32. The lowest BCUT2D eigenvalue weighted by atomic mass is 9.86. The Hall–Kier alpha value is -7.16. The molecule has 0 saturated carbocycles. The van der Waals surface area contributed by atoms with Crippen molar-refractivity contribution in [1.29, 1.82) is 0 Å². The van der Waals surface area contributed by atoms with Gasteiger partial charge in [0.15, 0.2) is 5.82 Å². The predicted molar refractivity (Wildman–Crippen MR) is 229 cm³/mol. The van der Waals surface area contributed by atoms with Crippen molar-refractivity contribution >= 4 is 64.6 Å². The summed E-state index contributed by atoms with van der Waals surface area (Å²) in [7, 11) is 0. The molecule has 11 aromatic rings. The third-order valence-corrected chi connectivity index (χ3v) is 11.0. The van der Waals surface area contributed by atoms with Gasteiger partial charge in [-0.2, -0.15) is 0 Å². The number of nitrogens with zero attached hydrogens (tertiary/aromatic N) is 2. The number of hydrogen-bond acceptors (Lipinski definition) is 2. The highest BCUT2D eigenvalue weighted by atomic mass is 14.9. The second kappa shape index (κ2) is 12.2. The van der Waals surface area contributed by atoms with Gasteiger partial charge in [-0.15, -0.1) is 0 Å². The van der Waals surface area contributed by atoms with Crippen molar-refractivity contribution in [2.75, 3.05) is 0 Å². The maximum Gasteiger partial charge on any atom is 0.160 e. The minimum atomic E-state index is 0.709. The molecule has 0 aliphatic carbocycles. The fourth-order valence-electron chi connectivity index (χ4n) is 8.56. The van der Waals surface area contributed by atoms with Crippen LogP contribution in [0.25, 0.3) is 110 Å². The number of rotatable bonds is 4. The molecule has 11 rings (SSSR count). The molecule has 0 aliphatic rings. The Kier molecular flexibility index (Phi) is 6.90. The van der Waals surface area contributed by atoms with E-state index in [4.69, 9.17) is 9.97 Å². The molecule has 0 radical (unpaired) electrons. The molecule has 0 saturated heterocycles. The zero-order valence-corrected chi connectivity index (χ0v) is 29.4. The van der Waals surface area contributed by atoms with Crippen LogP contribution in [-0.4, -0.2) is 9.97 Å². The van der Waals surface area contributed by atoms with Crippen LogP contribution in [0.5, 0.6) is 0 Å². The Morgan fingerprint density at radius 3 is 1.48 bits per heavy atom. The highest BCUT2D eigenvalue weighted by Gasteiger charge is 2.19. The fourth-order valence-corrected chi connectivity index (χ4v) is 8.56. The summed E-state index contributed by atoms with van der Waals surface area (Å²) >= 11 is 0. The lowest BCUT2D eigenvalue weighted by Gasteiger charge is -2.18. The molecule has 0 unspecified atom stereocenters. The van der Waals surface area contributed by atoms with Gasteiger partial charge in [0.1, 0.15) is 0 Å². The van der Waals surface area contributed by atoms with Crippen molar-refractivity contribution in [2.24, 2.45) is 0 Å². The third kappa shape index (κ3) is 4.81. The molecule has 0 spiro atoms. The average Bonchev–Trinajstić information content (AvgIpc) is 3.25. The Bertz CT molecular complexity index is 3270. The van der Waals surface area contributed by atoms with Crippen LogP contribution in [0.3, 0.4) is 0 Å². The maximum atomic E-state index is 5.32. The summed E-state index contributed by atoms with van der Waals surface area (Å²) in [5, 5.41) is 14.7. The molecule has 2 heteroatoms. The first-order chi connectivity index (χ1) is 26.8. The van der Waals surface area contributed by atoms with Crippen molar-refractivity contribution in [3.8, 4) is 45.0 Å². The number of hydrogen-bond donors (Lipinski definition) is 0. The molecular formula is C52H32N2. The van der Waals surface area contributed by atoms with E-state index in [0.717, 1.165) is 33.5 Å². The summed E-state index contributed by atoms with van der Waals surface area (Å²) in [6.07, 6.45) is 0. The summed E-state index contributed by atoms with van der Waals surface area (Å²) in [5.74, 6) is 0.709. The van der Waals surface area contributed by atoms with Crippen molar-refractivity contribution in [2.45, 2.75) is 0 Å². The topological polar surface area (TPSA) is 25.8 Å². The number of fused-ring (bicyclic) bond motifs is 8. The van der Waals surface area contributed by atoms with Crippen LogP contribution < -0.4 is 0 Å². The van der Waals surface area contributed by atoms with Gasteiger partial charge in [-0.05, 0) is 94.0 Å². The molecule has 0 N–H and O–H groups in total. The summed E-state index contributed by atoms with van der Waals surface area (Å²) in [5.41, 5.74) is 7.43. The summed E-state index contributed by atoms with van der Waals surface area (Å²) < 4.78 is 0. The molecule has 0 aliphatic heterocycles. The molecule has 54 heavy (non-hydrogen) atoms. The summed E-state index contributed by atoms with van der Waals surface area (Å²) in [4.78, 5) is 10.6. The van der Waals surface area contributed by atoms with Crippen molar-refractivity contribution in [3.63, 3.8) is 0 Å². The minimum absolute atomic E-state index is 0.709. The summed E-state index contributed by atoms with van der Waals surface area (Å²) in [6, 6.07) is 69.9. The second-order valence-corrected chi connectivity index (χ2v) is 14.1. The highest BCUT2D eigenvalue weighted by molar-refractivity contribution is 6.23. The quantitative estimate of drug-likeness (QED) is 0.136. The fraction of sp³-hybridized carbons (Fsp3) is 0. The van der Waals surface area contributed by atoms with E-state index in [1.54, 1.807) is 0 Å². The van der Waals surface area contributed by atoms with Crippen LogP contribution in [-0.2, 0) is 0 Å². The monoisotopic (exact) mass is 684 g/mol.